The molecule has 1 aliphatic carbocycles. The van der Waals surface area contributed by atoms with Gasteiger partial charge in [-0.25, -0.2) is 12.4 Å². The number of nitrogens with zero attached hydrogens (tertiary/aromatic N) is 1. The molecule has 1 fully saturated rings. The number of carbonyl (C=O) groups is 1. The van der Waals surface area contributed by atoms with Gasteiger partial charge in [0.1, 0.15) is 5.69 Å². The molecule has 2 aromatic carbocycles. The van der Waals surface area contributed by atoms with Crippen molar-refractivity contribution in [2.45, 2.75) is 37.0 Å². The highest BCUT2D eigenvalue weighted by atomic mass is 35.5. The summed E-state index contributed by atoms with van der Waals surface area (Å²) in [4.78, 5) is 13.4. The summed E-state index contributed by atoms with van der Waals surface area (Å²) in [6.07, 6.45) is 4.77. The molecule has 27 heavy (non-hydrogen) atoms. The molecule has 0 bridgehead atoms. The second-order valence-corrected chi connectivity index (χ2v) is 9.24. The van der Waals surface area contributed by atoms with Crippen molar-refractivity contribution in [3.63, 3.8) is 0 Å². The molecule has 1 aromatic heterocycles. The Hall–Kier alpha value is -2.11. The molecule has 4 rings (SSSR count). The summed E-state index contributed by atoms with van der Waals surface area (Å²) in [6.45, 7) is 0. The van der Waals surface area contributed by atoms with E-state index in [9.17, 15) is 13.2 Å². The average molecular weight is 402 g/mol. The summed E-state index contributed by atoms with van der Waals surface area (Å²) in [7, 11) is -3.92. The minimum Gasteiger partial charge on any atom is -0.292 e. The van der Waals surface area contributed by atoms with E-state index in [2.05, 4.69) is 0 Å². The molecule has 4 nitrogen and oxygen atoms in total. The summed E-state index contributed by atoms with van der Waals surface area (Å²) < 4.78 is 28.0. The molecule has 1 aliphatic rings. The standard InChI is InChI=1S/C21H20ClNO3S/c22-17-12-11-16-13-20(21(24)15-7-3-1-4-8-15)23(19(16)14-17)27(25,26)18-9-5-2-6-10-18/h2,5-6,9-15H,1,3-4,7-8H2. The third-order valence-corrected chi connectivity index (χ3v) is 7.21. The van der Waals surface area contributed by atoms with Gasteiger partial charge in [-0.1, -0.05) is 55.1 Å². The maximum Gasteiger partial charge on any atom is 0.268 e. The molecule has 0 aliphatic heterocycles. The fourth-order valence-electron chi connectivity index (χ4n) is 3.85. The Kier molecular flexibility index (Phi) is 4.82. The van der Waals surface area contributed by atoms with Crippen molar-refractivity contribution in [3.8, 4) is 0 Å². The molecule has 0 spiro atoms. The highest BCUT2D eigenvalue weighted by Gasteiger charge is 2.30. The molecular weight excluding hydrogens is 382 g/mol. The van der Waals surface area contributed by atoms with Crippen LogP contribution in [0.3, 0.4) is 0 Å². The van der Waals surface area contributed by atoms with Crippen LogP contribution >= 0.6 is 11.6 Å². The molecular formula is C21H20ClNO3S. The van der Waals surface area contributed by atoms with Crippen molar-refractivity contribution in [2.24, 2.45) is 5.92 Å². The first-order valence-electron chi connectivity index (χ1n) is 9.14. The van der Waals surface area contributed by atoms with E-state index in [1.54, 1.807) is 54.6 Å². The van der Waals surface area contributed by atoms with Gasteiger partial charge in [0.2, 0.25) is 0 Å². The van der Waals surface area contributed by atoms with Gasteiger partial charge in [0, 0.05) is 16.3 Å². The zero-order valence-electron chi connectivity index (χ0n) is 14.8. The van der Waals surface area contributed by atoms with Gasteiger partial charge in [0.05, 0.1) is 10.4 Å². The normalized spacial score (nSPS) is 15.9. The van der Waals surface area contributed by atoms with Gasteiger partial charge >= 0.3 is 0 Å². The number of fused-ring (bicyclic) bond motifs is 1. The van der Waals surface area contributed by atoms with Crippen LogP contribution in [0.15, 0.2) is 59.5 Å². The van der Waals surface area contributed by atoms with Crippen molar-refractivity contribution in [1.82, 2.24) is 3.97 Å². The average Bonchev–Trinajstić information content (AvgIpc) is 3.08. The van der Waals surface area contributed by atoms with Crippen LogP contribution in [-0.4, -0.2) is 18.2 Å². The lowest BCUT2D eigenvalue weighted by molar-refractivity contribution is 0.0883. The van der Waals surface area contributed by atoms with Crippen LogP contribution < -0.4 is 0 Å². The minimum absolute atomic E-state index is 0.0958. The molecule has 1 heterocycles. The Bertz CT molecular complexity index is 1100. The Morgan fingerprint density at radius 3 is 2.37 bits per heavy atom. The number of hydrogen-bond donors (Lipinski definition) is 0. The molecule has 0 amide bonds. The van der Waals surface area contributed by atoms with Gasteiger partial charge in [0.25, 0.3) is 10.0 Å². The van der Waals surface area contributed by atoms with Crippen molar-refractivity contribution in [1.29, 1.82) is 0 Å². The van der Waals surface area contributed by atoms with E-state index >= 15 is 0 Å². The lowest BCUT2D eigenvalue weighted by Crippen LogP contribution is -2.24. The van der Waals surface area contributed by atoms with E-state index in [-0.39, 0.29) is 22.3 Å². The number of hydrogen-bond acceptors (Lipinski definition) is 3. The topological polar surface area (TPSA) is 56.1 Å². The fourth-order valence-corrected chi connectivity index (χ4v) is 5.55. The molecule has 0 atom stereocenters. The molecule has 1 saturated carbocycles. The van der Waals surface area contributed by atoms with E-state index < -0.39 is 10.0 Å². The Labute approximate surface area is 163 Å². The monoisotopic (exact) mass is 401 g/mol. The van der Waals surface area contributed by atoms with E-state index in [1.165, 1.54) is 3.97 Å². The fraction of sp³-hybridized carbons (Fsp3) is 0.286. The summed E-state index contributed by atoms with van der Waals surface area (Å²) in [5.74, 6) is -0.218. The predicted octanol–water partition coefficient (Wildman–Crippen LogP) is 5.29. The quantitative estimate of drug-likeness (QED) is 0.558. The van der Waals surface area contributed by atoms with E-state index in [0.717, 1.165) is 32.1 Å². The van der Waals surface area contributed by atoms with Crippen LogP contribution in [0.25, 0.3) is 10.9 Å². The number of Topliss-reactive ketones (excluding diaryl/α,β-unsaturated/α-hetero) is 1. The maximum atomic E-state index is 13.4. The first-order valence-corrected chi connectivity index (χ1v) is 11.0. The van der Waals surface area contributed by atoms with Gasteiger partial charge in [-0.15, -0.1) is 0 Å². The zero-order chi connectivity index (χ0) is 19.0. The highest BCUT2D eigenvalue weighted by molar-refractivity contribution is 7.90. The molecule has 140 valence electrons. The second-order valence-electron chi connectivity index (χ2n) is 7.01. The summed E-state index contributed by atoms with van der Waals surface area (Å²) in [5, 5.41) is 1.12. The van der Waals surface area contributed by atoms with Gasteiger partial charge in [-0.05, 0) is 43.2 Å². The van der Waals surface area contributed by atoms with Crippen LogP contribution in [0.4, 0.5) is 0 Å². The molecule has 0 unspecified atom stereocenters. The van der Waals surface area contributed by atoms with Crippen molar-refractivity contribution in [2.75, 3.05) is 0 Å². The van der Waals surface area contributed by atoms with Gasteiger partial charge in [0.15, 0.2) is 5.78 Å². The van der Waals surface area contributed by atoms with Crippen LogP contribution in [0.1, 0.15) is 42.6 Å². The van der Waals surface area contributed by atoms with Crippen LogP contribution in [-0.2, 0) is 10.0 Å². The molecule has 0 saturated heterocycles. The van der Waals surface area contributed by atoms with Crippen LogP contribution in [0.5, 0.6) is 0 Å². The van der Waals surface area contributed by atoms with Crippen LogP contribution in [0, 0.1) is 5.92 Å². The van der Waals surface area contributed by atoms with Crippen molar-refractivity contribution < 1.29 is 13.2 Å². The number of rotatable bonds is 4. The summed E-state index contributed by atoms with van der Waals surface area (Å²) in [5.41, 5.74) is 0.661. The number of halogens is 1. The van der Waals surface area contributed by atoms with E-state index in [1.807, 2.05) is 0 Å². The highest BCUT2D eigenvalue weighted by Crippen LogP contribution is 2.32. The lowest BCUT2D eigenvalue weighted by Gasteiger charge is -2.21. The maximum absolute atomic E-state index is 13.4. The molecule has 0 radical (unpaired) electrons. The summed E-state index contributed by atoms with van der Waals surface area (Å²) >= 11 is 6.13. The number of carbonyl (C=O) groups excluding carboxylic acids is 1. The van der Waals surface area contributed by atoms with E-state index in [0.29, 0.717) is 15.9 Å². The lowest BCUT2D eigenvalue weighted by atomic mass is 9.85. The first kappa shape index (κ1) is 18.3. The largest absolute Gasteiger partial charge is 0.292 e. The van der Waals surface area contributed by atoms with Crippen LogP contribution in [0.2, 0.25) is 5.02 Å². The number of ketones is 1. The second kappa shape index (κ2) is 7.13. The van der Waals surface area contributed by atoms with Crippen molar-refractivity contribution in [3.05, 3.63) is 65.3 Å². The first-order chi connectivity index (χ1) is 13.0. The number of benzene rings is 2. The predicted molar refractivity (Wildman–Crippen MR) is 107 cm³/mol. The Morgan fingerprint density at radius 2 is 1.67 bits per heavy atom. The van der Waals surface area contributed by atoms with Gasteiger partial charge in [-0.2, -0.15) is 0 Å². The van der Waals surface area contributed by atoms with E-state index in [4.69, 9.17) is 11.6 Å². The molecule has 6 heteroatoms. The number of aromatic nitrogens is 1. The third-order valence-electron chi connectivity index (χ3n) is 5.23. The van der Waals surface area contributed by atoms with Crippen molar-refractivity contribution >= 4 is 38.3 Å². The van der Waals surface area contributed by atoms with Gasteiger partial charge in [-0.3, -0.25) is 4.79 Å². The Balaban J connectivity index is 1.94. The molecule has 3 aromatic rings. The minimum atomic E-state index is -3.92. The SMILES string of the molecule is O=C(c1cc2ccc(Cl)cc2n1S(=O)(=O)c1ccccc1)C1CCCCC1. The Morgan fingerprint density at radius 1 is 0.963 bits per heavy atom. The zero-order valence-corrected chi connectivity index (χ0v) is 16.3. The molecule has 0 N–H and O–H groups in total. The summed E-state index contributed by atoms with van der Waals surface area (Å²) in [6, 6.07) is 14.9. The smallest absolute Gasteiger partial charge is 0.268 e. The van der Waals surface area contributed by atoms with Gasteiger partial charge < -0.3 is 0 Å². The third kappa shape index (κ3) is 3.30.